The lowest BCUT2D eigenvalue weighted by atomic mass is 9.47. The number of likely N-dealkylation sites (N-methyl/N-ethyl adjacent to an activating group) is 1. The molecule has 9 rings (SSSR count). The molecule has 6 atom stereocenters. The Hall–Kier alpha value is -6.03. The van der Waals surface area contributed by atoms with E-state index in [2.05, 4.69) is 73.2 Å². The Bertz CT molecular complexity index is 2490. The first-order chi connectivity index (χ1) is 35.6. The average molecular weight is 1020 g/mol. The number of nitrogens with one attached hydrogen (secondary N) is 4. The van der Waals surface area contributed by atoms with E-state index < -0.39 is 61.8 Å². The van der Waals surface area contributed by atoms with E-state index in [0.717, 1.165) is 60.9 Å². The van der Waals surface area contributed by atoms with Gasteiger partial charge in [0.1, 0.15) is 17.8 Å². The molecule has 0 aromatic heterocycles. The molecule has 74 heavy (non-hydrogen) atoms. The number of nitrogens with two attached hydrogens (primary N) is 1. The number of benzene rings is 3. The molecule has 7 N–H and O–H groups in total. The van der Waals surface area contributed by atoms with Crippen molar-refractivity contribution in [2.24, 2.45) is 23.0 Å². The predicted molar refractivity (Wildman–Crippen MR) is 296 cm³/mol. The summed E-state index contributed by atoms with van der Waals surface area (Å²) in [4.78, 5) is 70.0. The molecule has 6 bridgehead atoms. The number of aromatic hydroxyl groups is 1. The molecule has 2 heterocycles. The highest BCUT2D eigenvalue weighted by molar-refractivity contribution is 6.45. The van der Waals surface area contributed by atoms with Crippen LogP contribution in [-0.4, -0.2) is 98.0 Å². The third kappa shape index (κ3) is 14.6. The lowest BCUT2D eigenvalue weighted by Crippen LogP contribution is -2.59. The fraction of sp³-hybridized carbons (Fsp3) is 0.508. The number of nitrogens with zero attached hydrogens (tertiary/aromatic N) is 1. The predicted octanol–water partition coefficient (Wildman–Crippen LogP) is 8.79. The maximum Gasteiger partial charge on any atom is 0.478 e. The Balaban J connectivity index is 0.00000105. The molecule has 2 aliphatic heterocycles. The van der Waals surface area contributed by atoms with Crippen LogP contribution in [0.3, 0.4) is 0 Å². The van der Waals surface area contributed by atoms with Crippen molar-refractivity contribution >= 4 is 42.2 Å². The summed E-state index contributed by atoms with van der Waals surface area (Å²) in [5.74, 6) is -1.78. The van der Waals surface area contributed by atoms with Crippen molar-refractivity contribution in [2.45, 2.75) is 144 Å². The minimum absolute atomic E-state index is 0.00107. The third-order valence-corrected chi connectivity index (χ3v) is 14.8. The summed E-state index contributed by atoms with van der Waals surface area (Å²) in [6, 6.07) is 17.9. The Morgan fingerprint density at radius 3 is 2.20 bits per heavy atom. The Morgan fingerprint density at radius 1 is 0.892 bits per heavy atom. The zero-order valence-corrected chi connectivity index (χ0v) is 45.6. The number of rotatable bonds is 13. The summed E-state index contributed by atoms with van der Waals surface area (Å²) < 4.78 is 12.6. The summed E-state index contributed by atoms with van der Waals surface area (Å²) in [6.07, 6.45) is 14.4. The molecule has 1 saturated heterocycles. The molecule has 5 amide bonds. The van der Waals surface area contributed by atoms with Crippen LogP contribution >= 0.6 is 0 Å². The van der Waals surface area contributed by atoms with Gasteiger partial charge in [0.15, 0.2) is 0 Å². The van der Waals surface area contributed by atoms with Crippen molar-refractivity contribution in [3.8, 4) is 16.9 Å². The Kier molecular flexibility index (Phi) is 22.3. The number of carbonyl (C=O) groups excluding carboxylic acids is 5. The first-order valence-electron chi connectivity index (χ1n) is 27.1. The number of unbranched alkanes of at least 4 members (excludes halogenated alkanes) is 2. The second-order valence-corrected chi connectivity index (χ2v) is 19.9. The standard InChI is InChI=1S/C51H60BN5O8.C4H11N.2C2H6/c1-6-7-10-31-12-14-33(15-13-31)34-16-18-35(19-17-34)48(61)54-28-45(60)57(5)46-36-20-21-42(58)39(24-36)38-22-32(11-8-9-30(38)2)23-41(56-44(59)27-53-50(46)63)49(62)55-29-52-64-43-26-37-25-40(47(43)65-52)51(37,3)4;1-2-3-4-5;2*1-2/h9,11-22,24,37,40-41,43,46-47,58H,6-8,10,23,25-29H2,1-5H3,(H,53,63)(H,54,61)(H,55,62)(H,56,59);2-5H2,1H3;2*1-2H3/t37-,40+,41-,43?,46?,47?;;;/m0.../s1. The summed E-state index contributed by atoms with van der Waals surface area (Å²) in [5, 5.41) is 22.4. The van der Waals surface area contributed by atoms with Crippen LogP contribution in [-0.2, 0) is 34.9 Å². The lowest BCUT2D eigenvalue weighted by Gasteiger charge is -2.60. The largest absolute Gasteiger partial charge is 0.507 e. The van der Waals surface area contributed by atoms with Gasteiger partial charge in [-0.2, -0.15) is 0 Å². The number of aryl methyl sites for hydroxylation is 1. The fourth-order valence-electron chi connectivity index (χ4n) is 10.3. The van der Waals surface area contributed by atoms with Crippen LogP contribution in [0.5, 0.6) is 5.75 Å². The molecule has 400 valence electrons. The van der Waals surface area contributed by atoms with Gasteiger partial charge in [0.25, 0.3) is 5.91 Å². The van der Waals surface area contributed by atoms with E-state index in [-0.39, 0.29) is 36.2 Å². The van der Waals surface area contributed by atoms with E-state index in [1.165, 1.54) is 36.4 Å². The van der Waals surface area contributed by atoms with Crippen LogP contribution in [0.4, 0.5) is 0 Å². The smallest absolute Gasteiger partial charge is 0.478 e. The first-order valence-corrected chi connectivity index (χ1v) is 27.1. The van der Waals surface area contributed by atoms with Crippen LogP contribution in [0.1, 0.15) is 147 Å². The molecular formula is C59H83BN6O8. The van der Waals surface area contributed by atoms with Gasteiger partial charge >= 0.3 is 7.12 Å². The van der Waals surface area contributed by atoms with Gasteiger partial charge in [-0.1, -0.05) is 129 Å². The fourth-order valence-corrected chi connectivity index (χ4v) is 10.3. The maximum atomic E-state index is 14.1. The highest BCUT2D eigenvalue weighted by atomic mass is 16.7. The number of hydrogen-bond donors (Lipinski definition) is 6. The molecule has 3 aromatic rings. The van der Waals surface area contributed by atoms with Crippen molar-refractivity contribution in [1.82, 2.24) is 26.2 Å². The minimum Gasteiger partial charge on any atom is -0.507 e. The quantitative estimate of drug-likeness (QED) is 0.0906. The molecular weight excluding hydrogens is 931 g/mol. The molecule has 3 saturated carbocycles. The van der Waals surface area contributed by atoms with Crippen LogP contribution < -0.4 is 27.0 Å². The number of allylic oxidation sites excluding steroid dienone is 5. The number of phenols is 1. The van der Waals surface area contributed by atoms with E-state index in [1.807, 2.05) is 65.0 Å². The highest BCUT2D eigenvalue weighted by Crippen LogP contribution is 2.61. The molecule has 4 aliphatic carbocycles. The van der Waals surface area contributed by atoms with E-state index in [1.54, 1.807) is 24.3 Å². The lowest BCUT2D eigenvalue weighted by molar-refractivity contribution is -0.150. The van der Waals surface area contributed by atoms with Crippen molar-refractivity contribution < 1.29 is 38.4 Å². The topological polar surface area (TPSA) is 201 Å². The third-order valence-electron chi connectivity index (χ3n) is 14.8. The van der Waals surface area contributed by atoms with Gasteiger partial charge in [-0.15, -0.1) is 0 Å². The monoisotopic (exact) mass is 1010 g/mol. The number of carbonyl (C=O) groups is 5. The van der Waals surface area contributed by atoms with Crippen LogP contribution in [0.25, 0.3) is 16.7 Å². The maximum absolute atomic E-state index is 14.1. The number of hydrogen-bond acceptors (Lipinski definition) is 9. The normalized spacial score (nSPS) is 22.3. The van der Waals surface area contributed by atoms with Gasteiger partial charge < -0.3 is 46.3 Å². The van der Waals surface area contributed by atoms with E-state index in [4.69, 9.17) is 15.0 Å². The molecule has 0 spiro atoms. The van der Waals surface area contributed by atoms with E-state index >= 15 is 0 Å². The summed E-state index contributed by atoms with van der Waals surface area (Å²) in [5.41, 5.74) is 12.0. The summed E-state index contributed by atoms with van der Waals surface area (Å²) in [7, 11) is 0.841. The van der Waals surface area contributed by atoms with Gasteiger partial charge in [0.2, 0.25) is 23.6 Å². The van der Waals surface area contributed by atoms with Crippen molar-refractivity contribution in [3.63, 3.8) is 0 Å². The SMILES string of the molecule is CC.CC.CCCCN.CCCCc1ccc(-c2ccc(C(=O)NCC(=O)N(C)C3C(=O)NCC(=O)N[C@H](C(=O)NCB4OC5C[C@@H]6C[C@H](C5O4)C6(C)C)CC4=CCC=C(C)C(=C4)c4cc3ccc4O)cc2)cc1. The van der Waals surface area contributed by atoms with Gasteiger partial charge in [0.05, 0.1) is 31.7 Å². The molecule has 0 radical (unpaired) electrons. The number of amides is 5. The van der Waals surface area contributed by atoms with Crippen LogP contribution in [0.2, 0.25) is 0 Å². The van der Waals surface area contributed by atoms with Gasteiger partial charge in [-0.05, 0) is 132 Å². The zero-order valence-electron chi connectivity index (χ0n) is 45.6. The second-order valence-electron chi connectivity index (χ2n) is 19.9. The molecule has 3 unspecified atom stereocenters. The first kappa shape index (κ1) is 58.9. The molecule has 14 nitrogen and oxygen atoms in total. The van der Waals surface area contributed by atoms with Gasteiger partial charge in [-0.3, -0.25) is 24.0 Å². The van der Waals surface area contributed by atoms with E-state index in [9.17, 15) is 29.1 Å². The Morgan fingerprint density at radius 2 is 1.57 bits per heavy atom. The number of fused-ring (bicyclic) bond motifs is 4. The summed E-state index contributed by atoms with van der Waals surface area (Å²) in [6.45, 7) is 18.7. The van der Waals surface area contributed by atoms with Crippen molar-refractivity contribution in [2.75, 3.05) is 33.1 Å². The zero-order chi connectivity index (χ0) is 54.1. The molecule has 4 fully saturated rings. The highest BCUT2D eigenvalue weighted by Gasteiger charge is 2.62. The average Bonchev–Trinajstić information content (AvgIpc) is 3.76. The van der Waals surface area contributed by atoms with Crippen molar-refractivity contribution in [3.05, 3.63) is 118 Å². The van der Waals surface area contributed by atoms with Crippen molar-refractivity contribution in [1.29, 1.82) is 0 Å². The minimum atomic E-state index is -1.27. The molecule has 15 heteroatoms. The van der Waals surface area contributed by atoms with Crippen LogP contribution in [0.15, 0.2) is 96.1 Å². The van der Waals surface area contributed by atoms with Crippen LogP contribution in [0, 0.1) is 17.3 Å². The number of phenolic OH excluding ortho intramolecular Hbond substituents is 1. The summed E-state index contributed by atoms with van der Waals surface area (Å²) >= 11 is 0. The van der Waals surface area contributed by atoms with Gasteiger partial charge in [0, 0.05) is 24.6 Å². The molecule has 6 aliphatic rings. The van der Waals surface area contributed by atoms with Gasteiger partial charge in [-0.25, -0.2) is 0 Å². The molecule has 3 aromatic carbocycles. The second kappa shape index (κ2) is 28.0. The Labute approximate surface area is 440 Å². The van der Waals surface area contributed by atoms with E-state index in [0.29, 0.717) is 40.5 Å².